The molecule has 1 fully saturated rings. The molecule has 3 heterocycles. The molecule has 1 saturated carbocycles. The Labute approximate surface area is 258 Å². The van der Waals surface area contributed by atoms with Gasteiger partial charge < -0.3 is 35.7 Å². The summed E-state index contributed by atoms with van der Waals surface area (Å²) in [6.45, 7) is 9.25. The van der Waals surface area contributed by atoms with Crippen LogP contribution in [0.15, 0.2) is 31.0 Å². The van der Waals surface area contributed by atoms with E-state index in [0.717, 1.165) is 11.1 Å². The molecule has 0 bridgehead atoms. The molecule has 1 atom stereocenters. The number of nitrogens with zero attached hydrogens (tertiary/aromatic N) is 4. The number of nitrogens with one attached hydrogen (secondary N) is 1. The number of fused-ring (bicyclic) bond motifs is 3. The Kier molecular flexibility index (Phi) is 8.34. The van der Waals surface area contributed by atoms with Gasteiger partial charge in [-0.05, 0) is 57.1 Å². The summed E-state index contributed by atoms with van der Waals surface area (Å²) < 4.78 is 1.60. The molecule has 8 N–H and O–H groups in total. The average molecular weight is 620 g/mol. The lowest BCUT2D eigenvalue weighted by molar-refractivity contribution is -0.167. The van der Waals surface area contributed by atoms with Gasteiger partial charge in [-0.3, -0.25) is 5.10 Å². The highest BCUT2D eigenvalue weighted by Gasteiger charge is 2.44. The average Bonchev–Trinajstić information content (AvgIpc) is 3.62. The minimum Gasteiger partial charge on any atom is -0.504 e. The third-order valence-electron chi connectivity index (χ3n) is 8.77. The first-order valence-electron chi connectivity index (χ1n) is 14.7. The van der Waals surface area contributed by atoms with Crippen LogP contribution in [0, 0.1) is 6.92 Å². The molecule has 0 amide bonds. The molecule has 0 spiro atoms. The van der Waals surface area contributed by atoms with Gasteiger partial charge in [-0.15, -0.1) is 0 Å². The molecular formula is C32H37N5O8. The molecule has 0 saturated heterocycles. The summed E-state index contributed by atoms with van der Waals surface area (Å²) in [4.78, 5) is 16.4. The fraction of sp³-hybridized carbons (Fsp3) is 0.375. The Hall–Kier alpha value is -4.88. The summed E-state index contributed by atoms with van der Waals surface area (Å²) in [6, 6.07) is 0. The van der Waals surface area contributed by atoms with Crippen LogP contribution in [0.4, 0.5) is 0 Å². The van der Waals surface area contributed by atoms with Crippen LogP contribution >= 0.6 is 0 Å². The highest BCUT2D eigenvalue weighted by Crippen LogP contribution is 2.49. The standard InChI is InChI=1S/C32H37N5O8/c1-5-7-19-24(38)26(40)21(27(41)25(19)39)15(3)8-9-17(6-2)20-14-33-37-29(20)34-23(22-16(4)35-36-30(22)37)18-10-12-32(45,13-11-18)28(42)31(43)44/h6,8-9,14,18,28,38-42,45H,2,5,7,10-13H2,1,3-4H3,(H,35,36)(H,43,44)/b15-8+,17-9+. The Bertz CT molecular complexity index is 1850. The number of H-pyrrole nitrogens is 1. The molecular weight excluding hydrogens is 582 g/mol. The van der Waals surface area contributed by atoms with Crippen LogP contribution in [-0.4, -0.2) is 78.2 Å². The number of aromatic nitrogens is 5. The van der Waals surface area contributed by atoms with E-state index in [-0.39, 0.29) is 36.3 Å². The number of benzene rings is 1. The van der Waals surface area contributed by atoms with E-state index in [1.807, 2.05) is 13.8 Å². The topological polar surface area (TPSA) is 218 Å². The van der Waals surface area contributed by atoms with Crippen molar-refractivity contribution in [3.8, 4) is 23.0 Å². The maximum atomic E-state index is 11.4. The normalized spacial score (nSPS) is 20.2. The van der Waals surface area contributed by atoms with Crippen LogP contribution in [0.2, 0.25) is 0 Å². The number of carbonyl (C=O) groups is 1. The SMILES string of the molecule is C=C/C(=C\C=C(/C)c1c(O)c(O)c(CCC)c(O)c1O)c1cnn2c1nc(C1CCC(O)(C(O)C(=O)O)CC1)c1c(C)[nH]nc12. The summed E-state index contributed by atoms with van der Waals surface area (Å²) in [5.41, 5.74) is 2.26. The molecule has 13 heteroatoms. The van der Waals surface area contributed by atoms with E-state index in [4.69, 9.17) is 4.98 Å². The molecule has 1 aliphatic rings. The third-order valence-corrected chi connectivity index (χ3v) is 8.77. The zero-order valence-electron chi connectivity index (χ0n) is 25.2. The lowest BCUT2D eigenvalue weighted by Gasteiger charge is -2.37. The number of aliphatic hydroxyl groups is 2. The predicted molar refractivity (Wildman–Crippen MR) is 166 cm³/mol. The van der Waals surface area contributed by atoms with Gasteiger partial charge in [0, 0.05) is 22.7 Å². The molecule has 1 aromatic carbocycles. The van der Waals surface area contributed by atoms with Gasteiger partial charge in [-0.1, -0.05) is 38.2 Å². The molecule has 1 aliphatic carbocycles. The molecule has 13 nitrogen and oxygen atoms in total. The number of phenols is 4. The van der Waals surface area contributed by atoms with Gasteiger partial charge in [-0.2, -0.15) is 14.7 Å². The number of carboxylic acid groups (broad SMARTS) is 1. The van der Waals surface area contributed by atoms with Crippen molar-refractivity contribution in [1.29, 1.82) is 0 Å². The van der Waals surface area contributed by atoms with Crippen molar-refractivity contribution in [1.82, 2.24) is 24.8 Å². The van der Waals surface area contributed by atoms with Crippen molar-refractivity contribution in [2.24, 2.45) is 0 Å². The second-order valence-corrected chi connectivity index (χ2v) is 11.6. The summed E-state index contributed by atoms with van der Waals surface area (Å²) in [6.07, 6.45) is 6.39. The van der Waals surface area contributed by atoms with Gasteiger partial charge >= 0.3 is 5.97 Å². The summed E-state index contributed by atoms with van der Waals surface area (Å²) in [5, 5.41) is 85.2. The Morgan fingerprint density at radius 2 is 1.78 bits per heavy atom. The van der Waals surface area contributed by atoms with E-state index in [2.05, 4.69) is 21.9 Å². The number of rotatable bonds is 9. The van der Waals surface area contributed by atoms with Gasteiger partial charge in [0.25, 0.3) is 0 Å². The van der Waals surface area contributed by atoms with E-state index in [0.29, 0.717) is 53.0 Å². The maximum absolute atomic E-state index is 11.4. The number of aryl methyl sites for hydroxylation is 1. The number of hydrogen-bond donors (Lipinski definition) is 8. The summed E-state index contributed by atoms with van der Waals surface area (Å²) >= 11 is 0. The molecule has 3 aromatic heterocycles. The van der Waals surface area contributed by atoms with Gasteiger partial charge in [0.2, 0.25) is 0 Å². The van der Waals surface area contributed by atoms with Gasteiger partial charge in [0.05, 0.1) is 22.8 Å². The fourth-order valence-corrected chi connectivity index (χ4v) is 6.22. The lowest BCUT2D eigenvalue weighted by Crippen LogP contribution is -2.49. The highest BCUT2D eigenvalue weighted by atomic mass is 16.4. The number of carboxylic acids is 1. The number of aliphatic carboxylic acids is 1. The van der Waals surface area contributed by atoms with E-state index >= 15 is 0 Å². The molecule has 238 valence electrons. The zero-order chi connectivity index (χ0) is 32.8. The van der Waals surface area contributed by atoms with Crippen LogP contribution in [-0.2, 0) is 11.2 Å². The van der Waals surface area contributed by atoms with Crippen molar-refractivity contribution in [2.45, 2.75) is 76.9 Å². The van der Waals surface area contributed by atoms with E-state index in [9.17, 15) is 40.5 Å². The van der Waals surface area contributed by atoms with Crippen molar-refractivity contribution in [2.75, 3.05) is 0 Å². The Morgan fingerprint density at radius 1 is 1.13 bits per heavy atom. The quantitative estimate of drug-likeness (QED) is 0.0754. The number of allylic oxidation sites excluding steroid dienone is 5. The predicted octanol–water partition coefficient (Wildman–Crippen LogP) is 4.20. The van der Waals surface area contributed by atoms with E-state index < -0.39 is 40.7 Å². The molecule has 1 unspecified atom stereocenters. The van der Waals surface area contributed by atoms with Crippen LogP contribution in [0.3, 0.4) is 0 Å². The molecule has 45 heavy (non-hydrogen) atoms. The zero-order valence-corrected chi connectivity index (χ0v) is 25.2. The molecule has 5 rings (SSSR count). The number of aromatic amines is 1. The van der Waals surface area contributed by atoms with Crippen LogP contribution in [0.5, 0.6) is 23.0 Å². The van der Waals surface area contributed by atoms with Crippen molar-refractivity contribution in [3.63, 3.8) is 0 Å². The largest absolute Gasteiger partial charge is 0.504 e. The maximum Gasteiger partial charge on any atom is 0.335 e. The van der Waals surface area contributed by atoms with Gasteiger partial charge in [0.1, 0.15) is 5.60 Å². The lowest BCUT2D eigenvalue weighted by atomic mass is 9.74. The van der Waals surface area contributed by atoms with Gasteiger partial charge in [0.15, 0.2) is 40.4 Å². The Balaban J connectivity index is 1.57. The minimum absolute atomic E-state index is 0.0697. The van der Waals surface area contributed by atoms with Crippen LogP contribution in [0.1, 0.15) is 79.9 Å². The summed E-state index contributed by atoms with van der Waals surface area (Å²) in [5.74, 6) is -3.67. The molecule has 0 aliphatic heterocycles. The number of aliphatic hydroxyl groups excluding tert-OH is 1. The number of hydrogen-bond acceptors (Lipinski definition) is 10. The first-order chi connectivity index (χ1) is 21.3. The third kappa shape index (κ3) is 5.27. The first kappa shape index (κ1) is 31.5. The van der Waals surface area contributed by atoms with E-state index in [1.165, 1.54) is 0 Å². The smallest absolute Gasteiger partial charge is 0.335 e. The number of aromatic hydroxyl groups is 4. The van der Waals surface area contributed by atoms with Crippen molar-refractivity contribution >= 4 is 33.8 Å². The molecule has 4 aromatic rings. The Morgan fingerprint density at radius 3 is 2.36 bits per heavy atom. The second kappa shape index (κ2) is 11.9. The molecule has 0 radical (unpaired) electrons. The fourth-order valence-electron chi connectivity index (χ4n) is 6.22. The second-order valence-electron chi connectivity index (χ2n) is 11.6. The first-order valence-corrected chi connectivity index (χ1v) is 14.7. The van der Waals surface area contributed by atoms with Crippen molar-refractivity contribution in [3.05, 3.63) is 59.1 Å². The summed E-state index contributed by atoms with van der Waals surface area (Å²) in [7, 11) is 0. The monoisotopic (exact) mass is 619 g/mol. The number of phenolic OH excluding ortho intramolecular Hbond substituents is 4. The minimum atomic E-state index is -1.88. The highest BCUT2D eigenvalue weighted by molar-refractivity contribution is 5.89. The van der Waals surface area contributed by atoms with Gasteiger partial charge in [-0.25, -0.2) is 9.78 Å². The van der Waals surface area contributed by atoms with E-state index in [1.54, 1.807) is 35.9 Å². The van der Waals surface area contributed by atoms with Crippen LogP contribution < -0.4 is 0 Å². The van der Waals surface area contributed by atoms with Crippen LogP contribution in [0.25, 0.3) is 27.8 Å². The van der Waals surface area contributed by atoms with Crippen molar-refractivity contribution < 1.29 is 40.5 Å².